The van der Waals surface area contributed by atoms with Gasteiger partial charge in [-0.15, -0.1) is 0 Å². The maximum Gasteiger partial charge on any atom is 0.322 e. The Balaban J connectivity index is 2.23. The van der Waals surface area contributed by atoms with Gasteiger partial charge in [0, 0.05) is 24.1 Å². The molecule has 2 rings (SSSR count). The molecule has 0 aromatic carbocycles. The molecule has 0 aliphatic carbocycles. The molecule has 1 unspecified atom stereocenters. The normalized spacial score (nSPS) is 20.3. The first-order valence-electron chi connectivity index (χ1n) is 5.99. The van der Waals surface area contributed by atoms with Crippen LogP contribution in [-0.2, 0) is 0 Å². The molecule has 7 heteroatoms. The number of aromatic nitrogens is 3. The van der Waals surface area contributed by atoms with Gasteiger partial charge in [-0.25, -0.2) is 0 Å². The van der Waals surface area contributed by atoms with Gasteiger partial charge >= 0.3 is 6.01 Å². The fraction of sp³-hybridized carbons (Fsp3) is 0.727. The Hall–Kier alpha value is -0.750. The highest BCUT2D eigenvalue weighted by atomic mass is 35.5. The number of hydrogen-bond acceptors (Lipinski definition) is 6. The van der Waals surface area contributed by atoms with Gasteiger partial charge in [-0.3, -0.25) is 0 Å². The Labute approximate surface area is 116 Å². The summed E-state index contributed by atoms with van der Waals surface area (Å²) in [5.41, 5.74) is 0. The van der Waals surface area contributed by atoms with E-state index in [0.717, 1.165) is 18.1 Å². The van der Waals surface area contributed by atoms with E-state index in [4.69, 9.17) is 16.3 Å². The van der Waals surface area contributed by atoms with Gasteiger partial charge in [0.1, 0.15) is 0 Å². The van der Waals surface area contributed by atoms with Crippen molar-refractivity contribution >= 4 is 29.3 Å². The summed E-state index contributed by atoms with van der Waals surface area (Å²) in [6.07, 6.45) is 0.0191. The third kappa shape index (κ3) is 3.38. The number of thioether (sulfide) groups is 1. The largest absolute Gasteiger partial charge is 0.461 e. The van der Waals surface area contributed by atoms with Crippen molar-refractivity contribution in [2.75, 3.05) is 23.0 Å². The molecular weight excluding hydrogens is 272 g/mol. The molecule has 5 nitrogen and oxygen atoms in total. The number of ether oxygens (including phenoxy) is 1. The van der Waals surface area contributed by atoms with E-state index in [0.29, 0.717) is 18.0 Å². The quantitative estimate of drug-likeness (QED) is 0.850. The Bertz CT molecular complexity index is 418. The summed E-state index contributed by atoms with van der Waals surface area (Å²) in [7, 11) is 0. The molecule has 1 aliphatic heterocycles. The highest BCUT2D eigenvalue weighted by Gasteiger charge is 2.22. The van der Waals surface area contributed by atoms with Crippen LogP contribution in [0.2, 0.25) is 5.28 Å². The minimum Gasteiger partial charge on any atom is -0.461 e. The molecule has 1 aromatic rings. The Morgan fingerprint density at radius 2 is 2.17 bits per heavy atom. The van der Waals surface area contributed by atoms with Crippen LogP contribution < -0.4 is 9.64 Å². The van der Waals surface area contributed by atoms with Crippen molar-refractivity contribution in [2.24, 2.45) is 0 Å². The fourth-order valence-corrected chi connectivity index (χ4v) is 2.90. The van der Waals surface area contributed by atoms with Crippen LogP contribution in [0.15, 0.2) is 0 Å². The highest BCUT2D eigenvalue weighted by molar-refractivity contribution is 7.99. The van der Waals surface area contributed by atoms with E-state index in [2.05, 4.69) is 26.8 Å². The number of hydrogen-bond donors (Lipinski definition) is 0. The van der Waals surface area contributed by atoms with Crippen molar-refractivity contribution < 1.29 is 4.74 Å². The minimum absolute atomic E-state index is 0.0191. The predicted molar refractivity (Wildman–Crippen MR) is 74.7 cm³/mol. The van der Waals surface area contributed by atoms with E-state index in [9.17, 15) is 0 Å². The Morgan fingerprint density at radius 1 is 1.39 bits per heavy atom. The van der Waals surface area contributed by atoms with Crippen LogP contribution in [0.3, 0.4) is 0 Å². The number of anilines is 1. The van der Waals surface area contributed by atoms with Gasteiger partial charge in [0.2, 0.25) is 11.2 Å². The first-order chi connectivity index (χ1) is 8.56. The third-order valence-corrected chi connectivity index (χ3v) is 3.90. The van der Waals surface area contributed by atoms with Crippen molar-refractivity contribution in [1.29, 1.82) is 0 Å². The van der Waals surface area contributed by atoms with Crippen LogP contribution in [0, 0.1) is 0 Å². The second kappa shape index (κ2) is 5.93. The highest BCUT2D eigenvalue weighted by Crippen LogP contribution is 2.23. The van der Waals surface area contributed by atoms with Crippen molar-refractivity contribution in [2.45, 2.75) is 32.9 Å². The average Bonchev–Trinajstić information content (AvgIpc) is 2.27. The van der Waals surface area contributed by atoms with Crippen molar-refractivity contribution in [3.63, 3.8) is 0 Å². The predicted octanol–water partition coefficient (Wildman–Crippen LogP) is 2.25. The molecule has 1 aromatic heterocycles. The van der Waals surface area contributed by atoms with E-state index in [1.165, 1.54) is 0 Å². The summed E-state index contributed by atoms with van der Waals surface area (Å²) in [6, 6.07) is 0.694. The van der Waals surface area contributed by atoms with Gasteiger partial charge in [-0.05, 0) is 32.4 Å². The molecule has 0 radical (unpaired) electrons. The molecule has 18 heavy (non-hydrogen) atoms. The van der Waals surface area contributed by atoms with Crippen molar-refractivity contribution in [3.05, 3.63) is 5.28 Å². The molecule has 0 amide bonds. The van der Waals surface area contributed by atoms with E-state index in [1.54, 1.807) is 0 Å². The summed E-state index contributed by atoms with van der Waals surface area (Å²) < 4.78 is 5.48. The number of rotatable bonds is 3. The lowest BCUT2D eigenvalue weighted by atomic mass is 10.3. The molecule has 1 atom stereocenters. The lowest BCUT2D eigenvalue weighted by molar-refractivity contribution is 0.221. The fourth-order valence-electron chi connectivity index (χ4n) is 1.74. The summed E-state index contributed by atoms with van der Waals surface area (Å²) in [5.74, 6) is 2.76. The maximum atomic E-state index is 5.93. The molecule has 0 saturated carbocycles. The van der Waals surface area contributed by atoms with E-state index < -0.39 is 0 Å². The summed E-state index contributed by atoms with van der Waals surface area (Å²) >= 11 is 7.87. The van der Waals surface area contributed by atoms with E-state index >= 15 is 0 Å². The minimum atomic E-state index is 0.0191. The van der Waals surface area contributed by atoms with Crippen LogP contribution in [-0.4, -0.2) is 45.1 Å². The first kappa shape index (κ1) is 13.7. The lowest BCUT2D eigenvalue weighted by Crippen LogP contribution is -2.41. The van der Waals surface area contributed by atoms with Gasteiger partial charge in [-0.1, -0.05) is 0 Å². The molecule has 100 valence electrons. The van der Waals surface area contributed by atoms with Gasteiger partial charge in [0.15, 0.2) is 0 Å². The molecule has 0 spiro atoms. The average molecular weight is 289 g/mol. The Morgan fingerprint density at radius 3 is 2.83 bits per heavy atom. The molecule has 1 saturated heterocycles. The zero-order valence-electron chi connectivity index (χ0n) is 10.8. The van der Waals surface area contributed by atoms with Crippen molar-refractivity contribution in [3.8, 4) is 6.01 Å². The maximum absolute atomic E-state index is 5.93. The lowest BCUT2D eigenvalue weighted by Gasteiger charge is -2.32. The molecule has 0 bridgehead atoms. The first-order valence-corrected chi connectivity index (χ1v) is 7.52. The topological polar surface area (TPSA) is 51.1 Å². The van der Waals surface area contributed by atoms with Crippen LogP contribution in [0.1, 0.15) is 20.8 Å². The zero-order valence-corrected chi connectivity index (χ0v) is 12.3. The molecule has 0 N–H and O–H groups in total. The van der Waals surface area contributed by atoms with Crippen molar-refractivity contribution in [1.82, 2.24) is 15.0 Å². The third-order valence-electron chi connectivity index (χ3n) is 2.54. The molecule has 2 heterocycles. The smallest absolute Gasteiger partial charge is 0.322 e. The Kier molecular flexibility index (Phi) is 4.50. The summed E-state index contributed by atoms with van der Waals surface area (Å²) in [4.78, 5) is 14.7. The van der Waals surface area contributed by atoms with Crippen LogP contribution in [0.4, 0.5) is 5.95 Å². The standard InChI is InChI=1S/C11H17ClN4OS/c1-7(2)17-11-14-9(12)13-10(15-11)16-4-5-18-6-8(16)3/h7-8H,4-6H2,1-3H3. The number of halogens is 1. The van der Waals surface area contributed by atoms with E-state index in [1.807, 2.05) is 25.6 Å². The summed E-state index contributed by atoms with van der Waals surface area (Å²) in [5, 5.41) is 0.182. The van der Waals surface area contributed by atoms with Gasteiger partial charge < -0.3 is 9.64 Å². The second-order valence-electron chi connectivity index (χ2n) is 4.47. The SMILES string of the molecule is CC(C)Oc1nc(Cl)nc(N2CCSCC2C)n1. The van der Waals surface area contributed by atoms with Crippen LogP contribution in [0.25, 0.3) is 0 Å². The molecular formula is C11H17ClN4OS. The molecule has 1 aliphatic rings. The second-order valence-corrected chi connectivity index (χ2v) is 5.96. The number of nitrogens with zero attached hydrogens (tertiary/aromatic N) is 4. The van der Waals surface area contributed by atoms with Crippen LogP contribution >= 0.6 is 23.4 Å². The van der Waals surface area contributed by atoms with Crippen LogP contribution in [0.5, 0.6) is 6.01 Å². The van der Waals surface area contributed by atoms with Gasteiger partial charge in [-0.2, -0.15) is 26.7 Å². The summed E-state index contributed by atoms with van der Waals surface area (Å²) in [6.45, 7) is 6.94. The molecule has 1 fully saturated rings. The monoisotopic (exact) mass is 288 g/mol. The zero-order chi connectivity index (χ0) is 13.1. The van der Waals surface area contributed by atoms with E-state index in [-0.39, 0.29) is 11.4 Å². The van der Waals surface area contributed by atoms with Gasteiger partial charge in [0.05, 0.1) is 6.10 Å². The van der Waals surface area contributed by atoms with Gasteiger partial charge in [0.25, 0.3) is 0 Å².